The van der Waals surface area contributed by atoms with E-state index in [1.54, 1.807) is 12.1 Å². The van der Waals surface area contributed by atoms with Gasteiger partial charge in [0.05, 0.1) is 18.2 Å². The van der Waals surface area contributed by atoms with Crippen LogP contribution in [-0.2, 0) is 22.4 Å². The first-order chi connectivity index (χ1) is 18.7. The average Bonchev–Trinajstić information content (AvgIpc) is 3.56. The number of nitrogens with zero attached hydrogens (tertiary/aromatic N) is 5. The Balaban J connectivity index is 0.000000157. The number of fused-ring (bicyclic) bond motifs is 4. The molecule has 5 aromatic carbocycles. The fraction of sp³-hybridized carbons (Fsp3) is 0. The summed E-state index contributed by atoms with van der Waals surface area (Å²) in [6, 6.07) is 45.4. The van der Waals surface area contributed by atoms with Crippen LogP contribution in [0.15, 0.2) is 121 Å². The van der Waals surface area contributed by atoms with Crippen molar-refractivity contribution in [2.45, 2.75) is 0 Å². The molecule has 0 atom stereocenters. The van der Waals surface area contributed by atoms with Crippen molar-refractivity contribution < 1.29 is 22.4 Å². The SMILES string of the molecule is C1=[N+](c2ccccc2)c2ccccc2[N+]=1c1ccccc1.[Au+].[C-]#[N+]c1ccc2[n-]c3ccc(C#N)cc3c2c1. The second kappa shape index (κ2) is 11.2. The first kappa shape index (κ1) is 25.6. The molecule has 0 saturated carbocycles. The standard InChI is InChI=1S/C19H14N2.C14H6N3.Au/c1-3-9-16(10-4-1)20-15-21(17-11-5-2-6-12-17)19-14-8-7-13-18(19)20;1-16-10-3-5-14-12(7-10)11-6-9(8-15)2-4-13(11)17-14;/h1-14H;2-7H;/q+2;-1;+1. The molecule has 0 bridgehead atoms. The van der Waals surface area contributed by atoms with Crippen LogP contribution < -0.4 is 14.1 Å². The van der Waals surface area contributed by atoms with Crippen LogP contribution in [-0.4, -0.2) is 6.01 Å². The maximum absolute atomic E-state index is 8.89. The van der Waals surface area contributed by atoms with E-state index in [0.29, 0.717) is 11.3 Å². The first-order valence-electron chi connectivity index (χ1n) is 12.1. The predicted molar refractivity (Wildman–Crippen MR) is 153 cm³/mol. The molecular weight excluding hydrogens is 663 g/mol. The Hall–Kier alpha value is -5.00. The van der Waals surface area contributed by atoms with Gasteiger partial charge in [0.1, 0.15) is 0 Å². The van der Waals surface area contributed by atoms with Gasteiger partial charge in [-0.25, -0.2) is 4.85 Å². The van der Waals surface area contributed by atoms with Crippen molar-refractivity contribution in [1.82, 2.24) is 14.1 Å². The number of benzene rings is 5. The third kappa shape index (κ3) is 4.96. The summed E-state index contributed by atoms with van der Waals surface area (Å²) in [6.45, 7) is 7.01. The summed E-state index contributed by atoms with van der Waals surface area (Å²) >= 11 is 0. The Kier molecular flexibility index (Phi) is 7.34. The fourth-order valence-electron chi connectivity index (χ4n) is 4.55. The maximum Gasteiger partial charge on any atom is 1.00 e. The van der Waals surface area contributed by atoms with Crippen molar-refractivity contribution in [3.05, 3.63) is 138 Å². The van der Waals surface area contributed by atoms with Gasteiger partial charge in [-0.1, -0.05) is 66.7 Å². The van der Waals surface area contributed by atoms with E-state index < -0.39 is 0 Å². The molecule has 0 N–H and O–H groups in total. The zero-order valence-corrected chi connectivity index (χ0v) is 22.8. The van der Waals surface area contributed by atoms with Crippen LogP contribution in [0.25, 0.3) is 26.7 Å². The Morgan fingerprint density at radius 3 is 1.72 bits per heavy atom. The van der Waals surface area contributed by atoms with Crippen LogP contribution in [0.5, 0.6) is 0 Å². The summed E-state index contributed by atoms with van der Waals surface area (Å²) in [6.07, 6.45) is 0. The molecule has 0 aliphatic carbocycles. The van der Waals surface area contributed by atoms with Gasteiger partial charge >= 0.3 is 28.4 Å². The van der Waals surface area contributed by atoms with Crippen LogP contribution >= 0.6 is 0 Å². The maximum atomic E-state index is 8.89. The molecule has 0 unspecified atom stereocenters. The minimum atomic E-state index is 0. The molecular formula is C33H20AuN5+2. The molecule has 0 saturated heterocycles. The molecule has 186 valence electrons. The van der Waals surface area contributed by atoms with E-state index in [0.717, 1.165) is 44.6 Å². The summed E-state index contributed by atoms with van der Waals surface area (Å²) < 4.78 is 4.20. The normalized spacial score (nSPS) is 11.2. The van der Waals surface area contributed by atoms with Crippen LogP contribution in [0.3, 0.4) is 0 Å². The van der Waals surface area contributed by atoms with Crippen LogP contribution in [0, 0.1) is 17.9 Å². The van der Waals surface area contributed by atoms with E-state index in [1.807, 2.05) is 60.7 Å². The molecule has 1 aromatic heterocycles. The van der Waals surface area contributed by atoms with E-state index >= 15 is 0 Å². The molecule has 7 rings (SSSR count). The number of hydrogen-bond donors (Lipinski definition) is 0. The minimum Gasteiger partial charge on any atom is -0.657 e. The second-order valence-electron chi connectivity index (χ2n) is 8.70. The fourth-order valence-corrected chi connectivity index (χ4v) is 4.55. The summed E-state index contributed by atoms with van der Waals surface area (Å²) in [5.41, 5.74) is 7.45. The van der Waals surface area contributed by atoms with Gasteiger partial charge < -0.3 is 4.98 Å². The summed E-state index contributed by atoms with van der Waals surface area (Å²) in [7, 11) is 0. The summed E-state index contributed by atoms with van der Waals surface area (Å²) in [4.78, 5) is 7.86. The van der Waals surface area contributed by atoms with Gasteiger partial charge in [0.15, 0.2) is 5.69 Å². The summed E-state index contributed by atoms with van der Waals surface area (Å²) in [5, 5.41) is 10.8. The number of aromatic nitrogens is 1. The van der Waals surface area contributed by atoms with E-state index in [9.17, 15) is 0 Å². The van der Waals surface area contributed by atoms with Gasteiger partial charge in [0, 0.05) is 36.4 Å². The van der Waals surface area contributed by atoms with Gasteiger partial charge in [0.25, 0.3) is 11.4 Å². The van der Waals surface area contributed by atoms with Gasteiger partial charge in [-0.2, -0.15) is 5.26 Å². The molecule has 0 fully saturated rings. The van der Waals surface area contributed by atoms with E-state index in [1.165, 1.54) is 0 Å². The number of nitriles is 1. The van der Waals surface area contributed by atoms with Gasteiger partial charge in [-0.15, -0.1) is 11.0 Å². The van der Waals surface area contributed by atoms with Gasteiger partial charge in [-0.05, 0) is 38.1 Å². The van der Waals surface area contributed by atoms with E-state index in [2.05, 4.69) is 79.6 Å². The van der Waals surface area contributed by atoms with Crippen molar-refractivity contribution in [2.24, 2.45) is 0 Å². The zero-order valence-electron chi connectivity index (χ0n) is 20.6. The Bertz CT molecular complexity index is 1830. The second-order valence-corrected chi connectivity index (χ2v) is 8.70. The van der Waals surface area contributed by atoms with Crippen LogP contribution in [0.2, 0.25) is 0 Å². The zero-order chi connectivity index (χ0) is 25.9. The molecule has 1 aliphatic rings. The molecule has 0 radical (unpaired) electrons. The number of rotatable bonds is 2. The average molecular weight is 684 g/mol. The smallest absolute Gasteiger partial charge is 0.657 e. The first-order valence-corrected chi connectivity index (χ1v) is 12.1. The van der Waals surface area contributed by atoms with Gasteiger partial charge in [-0.3, -0.25) is 0 Å². The quantitative estimate of drug-likeness (QED) is 0.106. The van der Waals surface area contributed by atoms with E-state index in [-0.39, 0.29) is 22.4 Å². The Morgan fingerprint density at radius 2 is 1.18 bits per heavy atom. The molecule has 6 heteroatoms. The number of para-hydroxylation sites is 4. The minimum absolute atomic E-state index is 0. The Morgan fingerprint density at radius 1 is 0.667 bits per heavy atom. The van der Waals surface area contributed by atoms with Crippen molar-refractivity contribution in [2.75, 3.05) is 0 Å². The predicted octanol–water partition coefficient (Wildman–Crippen LogP) is 7.91. The molecule has 6 aromatic rings. The molecule has 1 aliphatic heterocycles. The monoisotopic (exact) mass is 683 g/mol. The third-order valence-electron chi connectivity index (χ3n) is 6.36. The molecule has 5 nitrogen and oxygen atoms in total. The van der Waals surface area contributed by atoms with Crippen molar-refractivity contribution >= 4 is 56.3 Å². The van der Waals surface area contributed by atoms with E-state index in [4.69, 9.17) is 11.8 Å². The molecule has 2 heterocycles. The van der Waals surface area contributed by atoms with Crippen molar-refractivity contribution in [3.8, 4) is 6.07 Å². The Labute approximate surface area is 241 Å². The number of hydrogen-bond acceptors (Lipinski definition) is 1. The molecule has 0 amide bonds. The molecule has 0 spiro atoms. The van der Waals surface area contributed by atoms with Crippen molar-refractivity contribution in [3.63, 3.8) is 0 Å². The van der Waals surface area contributed by atoms with Gasteiger partial charge in [0.2, 0.25) is 11.4 Å². The third-order valence-corrected chi connectivity index (χ3v) is 6.36. The van der Waals surface area contributed by atoms with Crippen molar-refractivity contribution in [1.29, 1.82) is 5.26 Å². The largest absolute Gasteiger partial charge is 1.00 e. The van der Waals surface area contributed by atoms with Crippen LogP contribution in [0.4, 0.5) is 28.4 Å². The summed E-state index contributed by atoms with van der Waals surface area (Å²) in [5.74, 6) is 0. The van der Waals surface area contributed by atoms with Crippen LogP contribution in [0.1, 0.15) is 5.56 Å². The molecule has 39 heavy (non-hydrogen) atoms. The topological polar surface area (TPSA) is 48.3 Å².